The van der Waals surface area contributed by atoms with Crippen molar-refractivity contribution in [2.24, 2.45) is 0 Å². The Bertz CT molecular complexity index is 2330. The highest BCUT2D eigenvalue weighted by molar-refractivity contribution is 7.22. The van der Waals surface area contributed by atoms with Crippen LogP contribution in [-0.4, -0.2) is 104 Å². The van der Waals surface area contributed by atoms with Gasteiger partial charge in [-0.15, -0.1) is 0 Å². The summed E-state index contributed by atoms with van der Waals surface area (Å²) in [7, 11) is 0. The van der Waals surface area contributed by atoms with Crippen LogP contribution >= 0.6 is 11.3 Å². The molecule has 1 N–H and O–H groups in total. The van der Waals surface area contributed by atoms with Crippen molar-refractivity contribution in [3.05, 3.63) is 35.4 Å². The molecule has 3 saturated heterocycles. The molecule has 332 valence electrons. The molecule has 2 aromatic carbocycles. The maximum absolute atomic E-state index is 17.5. The Hall–Kier alpha value is -4.65. The number of carbonyl (C=O) groups is 2. The van der Waals surface area contributed by atoms with E-state index in [0.717, 1.165) is 18.2 Å². The van der Waals surface area contributed by atoms with Gasteiger partial charge in [0, 0.05) is 48.2 Å². The van der Waals surface area contributed by atoms with Gasteiger partial charge in [-0.05, 0) is 106 Å². The van der Waals surface area contributed by atoms with E-state index in [1.807, 2.05) is 13.8 Å². The van der Waals surface area contributed by atoms with Gasteiger partial charge in [0.25, 0.3) is 0 Å². The van der Waals surface area contributed by atoms with Gasteiger partial charge in [-0.3, -0.25) is 15.1 Å². The van der Waals surface area contributed by atoms with Crippen molar-refractivity contribution in [1.82, 2.24) is 24.8 Å². The van der Waals surface area contributed by atoms with Gasteiger partial charge in [0.2, 0.25) is 0 Å². The smallest absolute Gasteiger partial charge is 0.417 e. The molecule has 4 unspecified atom stereocenters. The van der Waals surface area contributed by atoms with Crippen LogP contribution in [0, 0.1) is 11.6 Å². The molecule has 0 radical (unpaired) electrons. The fourth-order valence-electron chi connectivity index (χ4n) is 8.52. The normalized spacial score (nSPS) is 21.5. The average molecular weight is 880 g/mol. The summed E-state index contributed by atoms with van der Waals surface area (Å²) in [5, 5.41) is 1.95. The number of carbonyl (C=O) groups excluding carboxylic acids is 2. The maximum Gasteiger partial charge on any atom is 0.417 e. The number of amides is 2. The van der Waals surface area contributed by atoms with E-state index in [0.29, 0.717) is 50.1 Å². The minimum Gasteiger partial charge on any atom is -0.459 e. The van der Waals surface area contributed by atoms with Crippen molar-refractivity contribution in [2.45, 2.75) is 135 Å². The summed E-state index contributed by atoms with van der Waals surface area (Å²) in [6.45, 7) is 16.9. The van der Waals surface area contributed by atoms with Crippen LogP contribution in [0.15, 0.2) is 18.2 Å². The first-order valence-electron chi connectivity index (χ1n) is 20.3. The van der Waals surface area contributed by atoms with Gasteiger partial charge >= 0.3 is 24.4 Å². The van der Waals surface area contributed by atoms with Crippen molar-refractivity contribution >= 4 is 55.6 Å². The van der Waals surface area contributed by atoms with Crippen LogP contribution in [0.4, 0.5) is 46.9 Å². The van der Waals surface area contributed by atoms with E-state index in [2.05, 4.69) is 25.2 Å². The monoisotopic (exact) mass is 879 g/mol. The number of halogens is 6. The molecule has 5 heterocycles. The highest BCUT2D eigenvalue weighted by Gasteiger charge is 2.46. The number of anilines is 2. The number of hydrogen-bond acceptors (Lipinski definition) is 11. The van der Waals surface area contributed by atoms with Crippen molar-refractivity contribution in [2.75, 3.05) is 36.4 Å². The van der Waals surface area contributed by atoms with Crippen LogP contribution in [0.25, 0.3) is 32.2 Å². The summed E-state index contributed by atoms with van der Waals surface area (Å²) in [5.41, 5.74) is -5.69. The Morgan fingerprint density at radius 3 is 2.21 bits per heavy atom. The number of nitrogens with one attached hydrogen (secondary N) is 1. The van der Waals surface area contributed by atoms with Crippen molar-refractivity contribution < 1.29 is 50.1 Å². The molecule has 2 bridgehead atoms. The number of piperidine rings is 1. The molecule has 4 atom stereocenters. The average Bonchev–Trinajstić information content (AvgIpc) is 3.65. The second kappa shape index (κ2) is 15.9. The van der Waals surface area contributed by atoms with E-state index in [4.69, 9.17) is 14.2 Å². The minimum absolute atomic E-state index is 0.0239. The third kappa shape index (κ3) is 9.42. The number of fused-ring (bicyclic) bond motifs is 4. The molecule has 2 aromatic heterocycles. The van der Waals surface area contributed by atoms with Gasteiger partial charge in [0.05, 0.1) is 27.9 Å². The largest absolute Gasteiger partial charge is 0.459 e. The molecular weight excluding hydrogens is 829 g/mol. The Labute approximate surface area is 353 Å². The fraction of sp³-hybridized carbons (Fsp3) is 0.595. The predicted octanol–water partition coefficient (Wildman–Crippen LogP) is 10.1. The molecule has 0 saturated carbocycles. The zero-order valence-corrected chi connectivity index (χ0v) is 36.4. The van der Waals surface area contributed by atoms with Crippen LogP contribution in [0.2, 0.25) is 0 Å². The van der Waals surface area contributed by atoms with E-state index in [1.54, 1.807) is 58.3 Å². The zero-order valence-electron chi connectivity index (χ0n) is 35.6. The predicted molar refractivity (Wildman–Crippen MR) is 220 cm³/mol. The van der Waals surface area contributed by atoms with E-state index in [1.165, 1.54) is 0 Å². The number of piperazine rings is 1. The molecule has 2 amide bonds. The summed E-state index contributed by atoms with van der Waals surface area (Å²) in [6, 6.07) is 1.63. The number of alkyl halides is 4. The first-order valence-corrected chi connectivity index (χ1v) is 21.1. The number of thiazole rings is 1. The molecule has 12 nitrogen and oxygen atoms in total. The third-order valence-corrected chi connectivity index (χ3v) is 12.0. The van der Waals surface area contributed by atoms with Gasteiger partial charge in [-0.1, -0.05) is 11.3 Å². The lowest BCUT2D eigenvalue weighted by Gasteiger charge is -2.44. The number of hydrogen-bond donors (Lipinski definition) is 1. The van der Waals surface area contributed by atoms with Crippen molar-refractivity contribution in [1.29, 1.82) is 0 Å². The Balaban J connectivity index is 1.35. The van der Waals surface area contributed by atoms with Gasteiger partial charge in [-0.25, -0.2) is 27.7 Å². The molecule has 7 rings (SSSR count). The maximum atomic E-state index is 17.5. The summed E-state index contributed by atoms with van der Waals surface area (Å²) >= 11 is 0.650. The second-order valence-electron chi connectivity index (χ2n) is 18.7. The Morgan fingerprint density at radius 1 is 0.951 bits per heavy atom. The summed E-state index contributed by atoms with van der Waals surface area (Å²) in [5.74, 6) is -2.25. The van der Waals surface area contributed by atoms with E-state index >= 15 is 22.0 Å². The SMILES string of the molecule is CC(CN1CCC(F)CC1(C)C)Oc1nc(N2CC3CCC(C2)N3C(=O)OC(C)(C)C)c2cc(C(F)(F)F)c(-c3ccc(F)c4sc(NC(=O)OC(C)(C)C)nc34)c(F)c2n1. The van der Waals surface area contributed by atoms with Crippen LogP contribution < -0.4 is 15.0 Å². The van der Waals surface area contributed by atoms with Gasteiger partial charge in [-0.2, -0.15) is 23.1 Å². The molecule has 3 aliphatic heterocycles. The van der Waals surface area contributed by atoms with Crippen molar-refractivity contribution in [3.8, 4) is 17.1 Å². The van der Waals surface area contributed by atoms with E-state index in [9.17, 15) is 14.0 Å². The molecule has 4 aromatic rings. The summed E-state index contributed by atoms with van der Waals surface area (Å²) in [6.07, 6.45) is -6.29. The van der Waals surface area contributed by atoms with Crippen LogP contribution in [0.5, 0.6) is 6.01 Å². The quantitative estimate of drug-likeness (QED) is 0.180. The van der Waals surface area contributed by atoms with Gasteiger partial charge < -0.3 is 19.1 Å². The lowest BCUT2D eigenvalue weighted by Crippen LogP contribution is -2.57. The molecule has 0 spiro atoms. The number of nitrogens with zero attached hydrogens (tertiary/aromatic N) is 6. The molecule has 0 aliphatic carbocycles. The molecule has 3 aliphatic rings. The number of aromatic nitrogens is 3. The first-order chi connectivity index (χ1) is 28.3. The highest BCUT2D eigenvalue weighted by Crippen LogP contribution is 2.47. The lowest BCUT2D eigenvalue weighted by molar-refractivity contribution is -0.137. The zero-order chi connectivity index (χ0) is 44.6. The third-order valence-electron chi connectivity index (χ3n) is 11.0. The van der Waals surface area contributed by atoms with Crippen LogP contribution in [0.1, 0.15) is 93.6 Å². The topological polar surface area (TPSA) is 122 Å². The molecule has 19 heteroatoms. The number of likely N-dealkylation sites (tertiary alicyclic amines) is 1. The number of rotatable bonds is 7. The van der Waals surface area contributed by atoms with Gasteiger partial charge in [0.15, 0.2) is 10.9 Å². The second-order valence-corrected chi connectivity index (χ2v) is 19.7. The highest BCUT2D eigenvalue weighted by atomic mass is 32.1. The lowest BCUT2D eigenvalue weighted by atomic mass is 9.89. The van der Waals surface area contributed by atoms with E-state index in [-0.39, 0.29) is 57.7 Å². The molecular formula is C42H51F6N7O5S. The Morgan fingerprint density at radius 2 is 1.61 bits per heavy atom. The van der Waals surface area contributed by atoms with Crippen molar-refractivity contribution in [3.63, 3.8) is 0 Å². The van der Waals surface area contributed by atoms with Crippen LogP contribution in [0.3, 0.4) is 0 Å². The summed E-state index contributed by atoms with van der Waals surface area (Å²) in [4.78, 5) is 44.6. The Kier molecular flexibility index (Phi) is 11.6. The molecule has 61 heavy (non-hydrogen) atoms. The van der Waals surface area contributed by atoms with Gasteiger partial charge in [0.1, 0.15) is 40.6 Å². The standard InChI is InChI=1S/C42H51F6N7O5S/c1-21(18-54-15-14-22(43)17-41(54,8)9)58-35-49-31-26(34(51-35)53-19-23-10-11-24(20-53)55(23)38(57)60-40(5,6)7)16-27(42(46,47)48)29(30(31)45)25-12-13-28(44)33-32(25)50-36(61-33)52-37(56)59-39(2,3)4/h12-13,16,21-24H,10-11,14-15,17-20H2,1-9H3,(H,50,52,56). The number of benzene rings is 2. The fourth-order valence-corrected chi connectivity index (χ4v) is 9.40. The number of ether oxygens (including phenoxy) is 3. The van der Waals surface area contributed by atoms with Crippen LogP contribution in [-0.2, 0) is 15.7 Å². The molecule has 3 fully saturated rings. The first kappa shape index (κ1) is 44.4. The minimum atomic E-state index is -5.14. The van der Waals surface area contributed by atoms with E-state index < -0.39 is 81.2 Å². The summed E-state index contributed by atoms with van der Waals surface area (Å²) < 4.78 is 110.